The van der Waals surface area contributed by atoms with E-state index in [2.05, 4.69) is 30.3 Å². The van der Waals surface area contributed by atoms with Crippen LogP contribution >= 0.6 is 0 Å². The summed E-state index contributed by atoms with van der Waals surface area (Å²) in [7, 11) is 0. The van der Waals surface area contributed by atoms with E-state index < -0.39 is 0 Å². The summed E-state index contributed by atoms with van der Waals surface area (Å²) in [6.07, 6.45) is 2.89. The highest BCUT2D eigenvalue weighted by Gasteiger charge is 2.27. The summed E-state index contributed by atoms with van der Waals surface area (Å²) in [6, 6.07) is 35.4. The van der Waals surface area contributed by atoms with Crippen LogP contribution in [0.2, 0.25) is 0 Å². The Balaban J connectivity index is 1.66. The van der Waals surface area contributed by atoms with Crippen LogP contribution in [0.3, 0.4) is 0 Å². The lowest BCUT2D eigenvalue weighted by atomic mass is 9.90. The molecule has 1 aliphatic carbocycles. The molecule has 0 aliphatic heterocycles. The molecule has 1 aliphatic rings. The van der Waals surface area contributed by atoms with Gasteiger partial charge in [0.05, 0.1) is 0 Å². The van der Waals surface area contributed by atoms with Crippen molar-refractivity contribution in [2.75, 3.05) is 0 Å². The number of carbonyl (C=O) groups excluding carboxylic acids is 2. The molecular weight excluding hydrogens is 428 g/mol. The molecule has 170 valence electrons. The molecule has 0 spiro atoms. The summed E-state index contributed by atoms with van der Waals surface area (Å²) < 4.78 is 0. The van der Waals surface area contributed by atoms with Gasteiger partial charge >= 0.3 is 0 Å². The Kier molecular flexibility index (Phi) is 6.36. The number of hydrogen-bond donors (Lipinski definition) is 0. The molecule has 0 aromatic heterocycles. The van der Waals surface area contributed by atoms with Crippen LogP contribution < -0.4 is 0 Å². The Hall–Kier alpha value is -4.30. The Labute approximate surface area is 206 Å². The number of carbonyl (C=O) groups is 2. The average molecular weight is 455 g/mol. The second-order valence-electron chi connectivity index (χ2n) is 8.92. The zero-order valence-electron chi connectivity index (χ0n) is 19.7. The normalized spacial score (nSPS) is 14.5. The highest BCUT2D eigenvalue weighted by molar-refractivity contribution is 6.18. The fraction of sp³-hybridized carbons (Fsp3) is 0.0909. The second-order valence-corrected chi connectivity index (χ2v) is 8.92. The number of fused-ring (bicyclic) bond motifs is 1. The van der Waals surface area contributed by atoms with Gasteiger partial charge in [-0.05, 0) is 40.8 Å². The van der Waals surface area contributed by atoms with Gasteiger partial charge < -0.3 is 0 Å². The van der Waals surface area contributed by atoms with Crippen molar-refractivity contribution in [3.63, 3.8) is 0 Å². The minimum Gasteiger partial charge on any atom is -0.294 e. The number of hydrogen-bond acceptors (Lipinski definition) is 2. The monoisotopic (exact) mass is 454 g/mol. The van der Waals surface area contributed by atoms with Gasteiger partial charge in [-0.15, -0.1) is 0 Å². The van der Waals surface area contributed by atoms with E-state index in [4.69, 9.17) is 0 Å². The van der Waals surface area contributed by atoms with Crippen LogP contribution in [0.4, 0.5) is 0 Å². The fourth-order valence-corrected chi connectivity index (χ4v) is 4.59. The Morgan fingerprint density at radius 2 is 1.31 bits per heavy atom. The minimum atomic E-state index is 0.0517. The molecule has 0 bridgehead atoms. The van der Waals surface area contributed by atoms with E-state index in [0.29, 0.717) is 12.0 Å². The topological polar surface area (TPSA) is 34.1 Å². The van der Waals surface area contributed by atoms with Gasteiger partial charge in [0, 0.05) is 29.5 Å². The number of allylic oxidation sites excluding steroid dienone is 4. The number of ketones is 2. The van der Waals surface area contributed by atoms with Crippen LogP contribution in [0.15, 0.2) is 121 Å². The van der Waals surface area contributed by atoms with Gasteiger partial charge in [-0.1, -0.05) is 115 Å². The zero-order valence-corrected chi connectivity index (χ0v) is 19.7. The number of Topliss-reactive ketones (excluding diaryl/α,β-unsaturated/α-hetero) is 2. The lowest BCUT2D eigenvalue weighted by Gasteiger charge is -2.13. The maximum absolute atomic E-state index is 13.5. The highest BCUT2D eigenvalue weighted by atomic mass is 16.1. The van der Waals surface area contributed by atoms with Gasteiger partial charge in [-0.25, -0.2) is 0 Å². The van der Waals surface area contributed by atoms with E-state index in [-0.39, 0.29) is 18.0 Å². The molecule has 2 heteroatoms. The molecule has 0 amide bonds. The van der Waals surface area contributed by atoms with Crippen LogP contribution in [0.25, 0.3) is 11.1 Å². The first-order chi connectivity index (χ1) is 17.1. The molecule has 0 unspecified atom stereocenters. The number of rotatable bonds is 6. The smallest absolute Gasteiger partial charge is 0.190 e. The molecule has 4 aromatic rings. The third-order valence-electron chi connectivity index (χ3n) is 6.50. The molecule has 0 heterocycles. The van der Waals surface area contributed by atoms with Crippen LogP contribution in [0, 0.1) is 6.92 Å². The number of benzene rings is 4. The summed E-state index contributed by atoms with van der Waals surface area (Å²) >= 11 is 0. The van der Waals surface area contributed by atoms with Gasteiger partial charge in [-0.2, -0.15) is 0 Å². The van der Waals surface area contributed by atoms with Gasteiger partial charge in [0.2, 0.25) is 0 Å². The quantitative estimate of drug-likeness (QED) is 0.223. The SMILES string of the molecule is Cc1ccc(C(=CC(=C2Cc3ccccc3C2=O)c2ccccc2)CC(=O)c2ccccc2)cc1. The van der Waals surface area contributed by atoms with Crippen molar-refractivity contribution in [3.05, 3.63) is 154 Å². The summed E-state index contributed by atoms with van der Waals surface area (Å²) in [5, 5.41) is 0. The van der Waals surface area contributed by atoms with Crippen molar-refractivity contribution in [1.82, 2.24) is 0 Å². The fourth-order valence-electron chi connectivity index (χ4n) is 4.59. The second kappa shape index (κ2) is 9.90. The Morgan fingerprint density at radius 1 is 0.714 bits per heavy atom. The lowest BCUT2D eigenvalue weighted by molar-refractivity contribution is 0.0997. The Bertz CT molecular complexity index is 1440. The summed E-state index contributed by atoms with van der Waals surface area (Å²) in [5.41, 5.74) is 8.16. The van der Waals surface area contributed by atoms with Crippen molar-refractivity contribution in [2.45, 2.75) is 19.8 Å². The summed E-state index contributed by atoms with van der Waals surface area (Å²) in [5.74, 6) is 0.115. The van der Waals surface area contributed by atoms with Gasteiger partial charge in [0.1, 0.15) is 0 Å². The van der Waals surface area contributed by atoms with Gasteiger partial charge in [-0.3, -0.25) is 9.59 Å². The molecule has 0 saturated carbocycles. The van der Waals surface area contributed by atoms with Crippen LogP contribution in [-0.2, 0) is 6.42 Å². The third kappa shape index (κ3) is 4.83. The maximum atomic E-state index is 13.5. The molecule has 0 N–H and O–H groups in total. The van der Waals surface area contributed by atoms with E-state index in [9.17, 15) is 9.59 Å². The minimum absolute atomic E-state index is 0.0517. The first-order valence-corrected chi connectivity index (χ1v) is 11.9. The predicted octanol–water partition coefficient (Wildman–Crippen LogP) is 7.54. The van der Waals surface area contributed by atoms with Crippen LogP contribution in [-0.4, -0.2) is 11.6 Å². The highest BCUT2D eigenvalue weighted by Crippen LogP contribution is 2.35. The van der Waals surface area contributed by atoms with Gasteiger partial charge in [0.25, 0.3) is 0 Å². The van der Waals surface area contributed by atoms with Crippen molar-refractivity contribution < 1.29 is 9.59 Å². The van der Waals surface area contributed by atoms with Crippen molar-refractivity contribution in [2.24, 2.45) is 0 Å². The van der Waals surface area contributed by atoms with Crippen LogP contribution in [0.1, 0.15) is 49.4 Å². The maximum Gasteiger partial charge on any atom is 0.190 e. The zero-order chi connectivity index (χ0) is 24.2. The molecule has 0 atom stereocenters. The molecule has 4 aromatic carbocycles. The van der Waals surface area contributed by atoms with E-state index >= 15 is 0 Å². The largest absolute Gasteiger partial charge is 0.294 e. The molecular formula is C33H26O2. The van der Waals surface area contributed by atoms with E-state index in [0.717, 1.165) is 44.5 Å². The van der Waals surface area contributed by atoms with Crippen LogP contribution in [0.5, 0.6) is 0 Å². The molecule has 5 rings (SSSR count). The Morgan fingerprint density at radius 3 is 1.97 bits per heavy atom. The van der Waals surface area contributed by atoms with Gasteiger partial charge in [0.15, 0.2) is 11.6 Å². The molecule has 0 radical (unpaired) electrons. The summed E-state index contributed by atoms with van der Waals surface area (Å²) in [4.78, 5) is 26.7. The predicted molar refractivity (Wildman–Crippen MR) is 142 cm³/mol. The van der Waals surface area contributed by atoms with Crippen molar-refractivity contribution in [3.8, 4) is 0 Å². The standard InChI is InChI=1S/C33H26O2/c1-23-16-18-24(19-17-23)28(22-32(34)26-12-6-3-7-13-26)21-30(25-10-4-2-5-11-25)31-20-27-14-8-9-15-29(27)33(31)35/h2-19,21H,20,22H2,1H3. The molecule has 35 heavy (non-hydrogen) atoms. The number of aryl methyl sites for hydroxylation is 1. The van der Waals surface area contributed by atoms with E-state index in [1.54, 1.807) is 0 Å². The average Bonchev–Trinajstić information content (AvgIpc) is 3.24. The molecule has 0 saturated heterocycles. The van der Waals surface area contributed by atoms with Crippen molar-refractivity contribution >= 4 is 22.7 Å². The summed E-state index contributed by atoms with van der Waals surface area (Å²) in [6.45, 7) is 2.05. The van der Waals surface area contributed by atoms with Crippen molar-refractivity contribution in [1.29, 1.82) is 0 Å². The molecule has 2 nitrogen and oxygen atoms in total. The van der Waals surface area contributed by atoms with E-state index in [1.165, 1.54) is 0 Å². The lowest BCUT2D eigenvalue weighted by Crippen LogP contribution is -2.03. The molecule has 0 fully saturated rings. The first-order valence-electron chi connectivity index (χ1n) is 11.9. The first kappa shape index (κ1) is 22.5. The third-order valence-corrected chi connectivity index (χ3v) is 6.50. The van der Waals surface area contributed by atoms with E-state index in [1.807, 2.05) is 91.9 Å².